The van der Waals surface area contributed by atoms with Crippen LogP contribution in [0, 0.1) is 10.1 Å². The molecule has 116 valence electrons. The molecule has 1 aromatic rings. The lowest BCUT2D eigenvalue weighted by molar-refractivity contribution is -0.384. The Balaban J connectivity index is 2.46. The van der Waals surface area contributed by atoms with Gasteiger partial charge in [0, 0.05) is 25.3 Å². The Kier molecular flexibility index (Phi) is 3.87. The lowest BCUT2D eigenvalue weighted by Gasteiger charge is -2.33. The number of rotatable bonds is 3. The zero-order chi connectivity index (χ0) is 15.8. The molecule has 21 heavy (non-hydrogen) atoms. The third kappa shape index (κ3) is 3.46. The average Bonchev–Trinajstić information content (AvgIpc) is 2.35. The van der Waals surface area contributed by atoms with Crippen LogP contribution < -0.4 is 4.90 Å². The van der Waals surface area contributed by atoms with Crippen molar-refractivity contribution in [2.24, 2.45) is 0 Å². The highest BCUT2D eigenvalue weighted by Crippen LogP contribution is 2.36. The number of nitro groups is 1. The molecule has 0 radical (unpaired) electrons. The zero-order valence-corrected chi connectivity index (χ0v) is 12.1. The molecule has 0 aromatic heterocycles. The molecule has 1 fully saturated rings. The number of piperidine rings is 1. The van der Waals surface area contributed by atoms with Gasteiger partial charge in [-0.25, -0.2) is 17.2 Å². The van der Waals surface area contributed by atoms with Crippen LogP contribution in [0.1, 0.15) is 12.8 Å². The summed E-state index contributed by atoms with van der Waals surface area (Å²) in [5.74, 6) is -2.90. The molecule has 1 aromatic carbocycles. The van der Waals surface area contributed by atoms with Crippen LogP contribution in [-0.4, -0.2) is 38.6 Å². The lowest BCUT2D eigenvalue weighted by atomic mass is 10.1. The molecule has 0 spiro atoms. The Morgan fingerprint density at radius 3 is 2.57 bits per heavy atom. The summed E-state index contributed by atoms with van der Waals surface area (Å²) < 4.78 is 49.8. The summed E-state index contributed by atoms with van der Waals surface area (Å²) in [6, 6.07) is 3.33. The highest BCUT2D eigenvalue weighted by atomic mass is 32.2. The van der Waals surface area contributed by atoms with Gasteiger partial charge in [-0.05, 0) is 18.6 Å². The van der Waals surface area contributed by atoms with Crippen molar-refractivity contribution in [3.05, 3.63) is 28.3 Å². The summed E-state index contributed by atoms with van der Waals surface area (Å²) in [4.78, 5) is 11.4. The van der Waals surface area contributed by atoms with Crippen LogP contribution in [0.2, 0.25) is 0 Å². The first-order valence-electron chi connectivity index (χ1n) is 6.21. The number of alkyl halides is 2. The van der Waals surface area contributed by atoms with E-state index >= 15 is 0 Å². The van der Waals surface area contributed by atoms with Crippen LogP contribution in [0.5, 0.6) is 0 Å². The van der Waals surface area contributed by atoms with Crippen molar-refractivity contribution in [1.82, 2.24) is 0 Å². The predicted octanol–water partition coefficient (Wildman–Crippen LogP) is 2.23. The summed E-state index contributed by atoms with van der Waals surface area (Å²) in [6.07, 6.45) is 0.900. The smallest absolute Gasteiger partial charge is 0.293 e. The quantitative estimate of drug-likeness (QED) is 0.630. The maximum absolute atomic E-state index is 13.4. The minimum Gasteiger partial charge on any atom is -0.360 e. The van der Waals surface area contributed by atoms with Crippen LogP contribution in [0.15, 0.2) is 23.1 Å². The van der Waals surface area contributed by atoms with Crippen LogP contribution in [0.3, 0.4) is 0 Å². The summed E-state index contributed by atoms with van der Waals surface area (Å²) in [6.45, 7) is -0.333. The van der Waals surface area contributed by atoms with Gasteiger partial charge in [-0.15, -0.1) is 0 Å². The Bertz CT molecular complexity index is 676. The van der Waals surface area contributed by atoms with Gasteiger partial charge in [-0.1, -0.05) is 0 Å². The first kappa shape index (κ1) is 15.6. The van der Waals surface area contributed by atoms with Crippen molar-refractivity contribution >= 4 is 21.2 Å². The SMILES string of the molecule is CS(=O)(=O)c1ccc(N2CCCC(F)(F)C2)c([N+](=O)[O-])c1. The van der Waals surface area contributed by atoms with E-state index < -0.39 is 32.9 Å². The van der Waals surface area contributed by atoms with Crippen molar-refractivity contribution < 1.29 is 22.1 Å². The molecule has 0 N–H and O–H groups in total. The fourth-order valence-corrected chi connectivity index (χ4v) is 2.96. The number of nitro benzene ring substituents is 1. The molecule has 1 aliphatic heterocycles. The molecule has 1 saturated heterocycles. The van der Waals surface area contributed by atoms with Gasteiger partial charge in [-0.3, -0.25) is 10.1 Å². The second-order valence-corrected chi connectivity index (χ2v) is 7.08. The highest BCUT2D eigenvalue weighted by molar-refractivity contribution is 7.90. The fourth-order valence-electron chi connectivity index (χ4n) is 2.32. The second kappa shape index (κ2) is 5.21. The van der Waals surface area contributed by atoms with Gasteiger partial charge in [0.25, 0.3) is 11.6 Å². The molecular formula is C12H14F2N2O4S. The van der Waals surface area contributed by atoms with Gasteiger partial charge in [0.2, 0.25) is 0 Å². The van der Waals surface area contributed by atoms with Crippen molar-refractivity contribution in [3.8, 4) is 0 Å². The topological polar surface area (TPSA) is 80.5 Å². The lowest BCUT2D eigenvalue weighted by Crippen LogP contribution is -2.42. The number of anilines is 1. The third-order valence-corrected chi connectivity index (χ3v) is 4.42. The van der Waals surface area contributed by atoms with E-state index in [0.29, 0.717) is 0 Å². The van der Waals surface area contributed by atoms with Crippen LogP contribution in [0.25, 0.3) is 0 Å². The molecule has 9 heteroatoms. The molecule has 0 amide bonds. The van der Waals surface area contributed by atoms with Crippen molar-refractivity contribution in [2.75, 3.05) is 24.2 Å². The van der Waals surface area contributed by atoms with E-state index in [1.54, 1.807) is 0 Å². The summed E-state index contributed by atoms with van der Waals surface area (Å²) in [5.41, 5.74) is -0.456. The van der Waals surface area contributed by atoms with E-state index in [-0.39, 0.29) is 30.0 Å². The zero-order valence-electron chi connectivity index (χ0n) is 11.3. The van der Waals surface area contributed by atoms with Gasteiger partial charge in [0.05, 0.1) is 16.4 Å². The Morgan fingerprint density at radius 1 is 1.38 bits per heavy atom. The van der Waals surface area contributed by atoms with E-state index in [1.807, 2.05) is 0 Å². The normalized spacial score (nSPS) is 18.5. The molecule has 0 atom stereocenters. The number of nitrogens with zero attached hydrogens (tertiary/aromatic N) is 2. The van der Waals surface area contributed by atoms with E-state index in [1.165, 1.54) is 17.0 Å². The van der Waals surface area contributed by atoms with E-state index in [9.17, 15) is 27.3 Å². The first-order valence-corrected chi connectivity index (χ1v) is 8.11. The van der Waals surface area contributed by atoms with E-state index in [4.69, 9.17) is 0 Å². The average molecular weight is 320 g/mol. The molecule has 0 saturated carbocycles. The molecular weight excluding hydrogens is 306 g/mol. The Morgan fingerprint density at radius 2 is 2.05 bits per heavy atom. The van der Waals surface area contributed by atoms with Crippen LogP contribution in [0.4, 0.5) is 20.2 Å². The summed E-state index contributed by atoms with van der Waals surface area (Å²) in [5, 5.41) is 11.1. The molecule has 1 aliphatic rings. The molecule has 0 aliphatic carbocycles. The van der Waals surface area contributed by atoms with Crippen molar-refractivity contribution in [1.29, 1.82) is 0 Å². The number of sulfone groups is 1. The molecule has 6 nitrogen and oxygen atoms in total. The van der Waals surface area contributed by atoms with Gasteiger partial charge >= 0.3 is 0 Å². The maximum Gasteiger partial charge on any atom is 0.293 e. The van der Waals surface area contributed by atoms with Crippen molar-refractivity contribution in [2.45, 2.75) is 23.7 Å². The predicted molar refractivity (Wildman–Crippen MR) is 72.6 cm³/mol. The largest absolute Gasteiger partial charge is 0.360 e. The number of hydrogen-bond donors (Lipinski definition) is 0. The van der Waals surface area contributed by atoms with Crippen LogP contribution >= 0.6 is 0 Å². The molecule has 0 unspecified atom stereocenters. The molecule has 0 bridgehead atoms. The van der Waals surface area contributed by atoms with E-state index in [2.05, 4.69) is 0 Å². The van der Waals surface area contributed by atoms with Gasteiger partial charge < -0.3 is 4.90 Å². The van der Waals surface area contributed by atoms with Crippen molar-refractivity contribution in [3.63, 3.8) is 0 Å². The van der Waals surface area contributed by atoms with E-state index in [0.717, 1.165) is 12.3 Å². The standard InChI is InChI=1S/C12H14F2N2O4S/c1-21(19,20)9-3-4-10(11(7-9)16(17)18)15-6-2-5-12(13,14)8-15/h3-4,7H,2,5-6,8H2,1H3. The van der Waals surface area contributed by atoms with Gasteiger partial charge in [0.1, 0.15) is 5.69 Å². The van der Waals surface area contributed by atoms with Gasteiger partial charge in [-0.2, -0.15) is 0 Å². The fraction of sp³-hybridized carbons (Fsp3) is 0.500. The second-order valence-electron chi connectivity index (χ2n) is 5.06. The molecule has 2 rings (SSSR count). The summed E-state index contributed by atoms with van der Waals surface area (Å²) in [7, 11) is -3.60. The number of hydrogen-bond acceptors (Lipinski definition) is 5. The third-order valence-electron chi connectivity index (χ3n) is 3.31. The minimum absolute atomic E-state index is 0.0202. The van der Waals surface area contributed by atoms with Crippen LogP contribution in [-0.2, 0) is 9.84 Å². The maximum atomic E-state index is 13.4. The number of benzene rings is 1. The summed E-state index contributed by atoms with van der Waals surface area (Å²) >= 11 is 0. The number of halogens is 2. The van der Waals surface area contributed by atoms with Gasteiger partial charge in [0.15, 0.2) is 9.84 Å². The Hall–Kier alpha value is -1.77. The Labute approximate surface area is 120 Å². The molecule has 1 heterocycles. The first-order chi connectivity index (χ1) is 9.60. The minimum atomic E-state index is -3.60. The monoisotopic (exact) mass is 320 g/mol. The highest BCUT2D eigenvalue weighted by Gasteiger charge is 2.37.